The van der Waals surface area contributed by atoms with Crippen LogP contribution in [0.4, 0.5) is 0 Å². The van der Waals surface area contributed by atoms with E-state index >= 15 is 0 Å². The SMILES string of the molecule is CCCN1CCC[C@@H]([C@@H](C)O)C1. The van der Waals surface area contributed by atoms with Gasteiger partial charge in [0.05, 0.1) is 6.10 Å². The highest BCUT2D eigenvalue weighted by Crippen LogP contribution is 2.19. The molecule has 0 bridgehead atoms. The first-order chi connectivity index (χ1) is 5.74. The van der Waals surface area contributed by atoms with Crippen LogP contribution in [0.5, 0.6) is 0 Å². The van der Waals surface area contributed by atoms with Crippen LogP contribution >= 0.6 is 0 Å². The molecule has 2 nitrogen and oxygen atoms in total. The summed E-state index contributed by atoms with van der Waals surface area (Å²) in [6.07, 6.45) is 3.57. The second-order valence-electron chi connectivity index (χ2n) is 3.94. The van der Waals surface area contributed by atoms with Crippen molar-refractivity contribution in [2.24, 2.45) is 5.92 Å². The van der Waals surface area contributed by atoms with E-state index < -0.39 is 0 Å². The highest BCUT2D eigenvalue weighted by Gasteiger charge is 2.22. The first-order valence-corrected chi connectivity index (χ1v) is 5.14. The molecule has 1 aliphatic rings. The molecule has 0 aromatic heterocycles. The van der Waals surface area contributed by atoms with Gasteiger partial charge in [-0.1, -0.05) is 6.92 Å². The quantitative estimate of drug-likeness (QED) is 0.695. The van der Waals surface area contributed by atoms with Crippen molar-refractivity contribution in [1.29, 1.82) is 0 Å². The van der Waals surface area contributed by atoms with E-state index in [0.717, 1.165) is 6.54 Å². The van der Waals surface area contributed by atoms with Crippen LogP contribution in [0.3, 0.4) is 0 Å². The van der Waals surface area contributed by atoms with Crippen LogP contribution in [0.25, 0.3) is 0 Å². The number of likely N-dealkylation sites (tertiary alicyclic amines) is 1. The van der Waals surface area contributed by atoms with E-state index in [4.69, 9.17) is 0 Å². The Morgan fingerprint density at radius 2 is 2.33 bits per heavy atom. The van der Waals surface area contributed by atoms with Crippen molar-refractivity contribution >= 4 is 0 Å². The predicted octanol–water partition coefficient (Wildman–Crippen LogP) is 1.49. The van der Waals surface area contributed by atoms with Gasteiger partial charge < -0.3 is 10.0 Å². The molecule has 1 heterocycles. The van der Waals surface area contributed by atoms with Gasteiger partial charge in [0, 0.05) is 6.54 Å². The second-order valence-corrected chi connectivity index (χ2v) is 3.94. The van der Waals surface area contributed by atoms with Crippen LogP contribution in [-0.2, 0) is 0 Å². The summed E-state index contributed by atoms with van der Waals surface area (Å²) in [5, 5.41) is 9.44. The summed E-state index contributed by atoms with van der Waals surface area (Å²) in [5.74, 6) is 0.519. The van der Waals surface area contributed by atoms with E-state index in [1.807, 2.05) is 6.92 Å². The van der Waals surface area contributed by atoms with Crippen LogP contribution in [-0.4, -0.2) is 35.7 Å². The van der Waals surface area contributed by atoms with Crippen molar-refractivity contribution in [1.82, 2.24) is 4.90 Å². The monoisotopic (exact) mass is 171 g/mol. The molecular formula is C10H21NO. The molecule has 72 valence electrons. The first-order valence-electron chi connectivity index (χ1n) is 5.14. The zero-order chi connectivity index (χ0) is 8.97. The van der Waals surface area contributed by atoms with Gasteiger partial charge in [0.2, 0.25) is 0 Å². The third-order valence-electron chi connectivity index (χ3n) is 2.76. The van der Waals surface area contributed by atoms with Crippen molar-refractivity contribution in [2.45, 2.75) is 39.2 Å². The van der Waals surface area contributed by atoms with Gasteiger partial charge in [-0.25, -0.2) is 0 Å². The summed E-state index contributed by atoms with van der Waals surface area (Å²) in [6, 6.07) is 0. The van der Waals surface area contributed by atoms with Gasteiger partial charge in [-0.2, -0.15) is 0 Å². The highest BCUT2D eigenvalue weighted by molar-refractivity contribution is 4.75. The van der Waals surface area contributed by atoms with Crippen molar-refractivity contribution in [3.05, 3.63) is 0 Å². The molecule has 0 aromatic rings. The minimum absolute atomic E-state index is 0.121. The Kier molecular flexibility index (Phi) is 4.02. The molecule has 2 heteroatoms. The van der Waals surface area contributed by atoms with Crippen LogP contribution in [0.1, 0.15) is 33.1 Å². The van der Waals surface area contributed by atoms with Crippen LogP contribution in [0.15, 0.2) is 0 Å². The lowest BCUT2D eigenvalue weighted by atomic mass is 9.93. The van der Waals surface area contributed by atoms with Gasteiger partial charge in [-0.3, -0.25) is 0 Å². The lowest BCUT2D eigenvalue weighted by Crippen LogP contribution is -2.39. The van der Waals surface area contributed by atoms with Crippen molar-refractivity contribution in [3.63, 3.8) is 0 Å². The summed E-state index contributed by atoms with van der Waals surface area (Å²) in [7, 11) is 0. The summed E-state index contributed by atoms with van der Waals surface area (Å²) >= 11 is 0. The lowest BCUT2D eigenvalue weighted by molar-refractivity contribution is 0.0630. The van der Waals surface area contributed by atoms with E-state index in [-0.39, 0.29) is 6.10 Å². The summed E-state index contributed by atoms with van der Waals surface area (Å²) in [6.45, 7) is 7.66. The minimum atomic E-state index is -0.121. The number of piperidine rings is 1. The van der Waals surface area contributed by atoms with E-state index in [0.29, 0.717) is 5.92 Å². The Hall–Kier alpha value is -0.0800. The summed E-state index contributed by atoms with van der Waals surface area (Å²) in [5.41, 5.74) is 0. The maximum Gasteiger partial charge on any atom is 0.0552 e. The molecule has 0 saturated carbocycles. The fourth-order valence-electron chi connectivity index (χ4n) is 2.00. The number of rotatable bonds is 3. The minimum Gasteiger partial charge on any atom is -0.393 e. The number of aliphatic hydroxyl groups excluding tert-OH is 1. The van der Waals surface area contributed by atoms with Crippen molar-refractivity contribution in [3.8, 4) is 0 Å². The van der Waals surface area contributed by atoms with Gasteiger partial charge in [-0.05, 0) is 45.2 Å². The molecule has 1 N–H and O–H groups in total. The third-order valence-corrected chi connectivity index (χ3v) is 2.76. The Bertz CT molecular complexity index is 123. The van der Waals surface area contributed by atoms with Crippen LogP contribution in [0.2, 0.25) is 0 Å². The smallest absolute Gasteiger partial charge is 0.0552 e. The molecule has 0 unspecified atom stereocenters. The molecule has 1 saturated heterocycles. The molecule has 0 spiro atoms. The molecule has 0 aliphatic carbocycles. The first kappa shape index (κ1) is 10.0. The predicted molar refractivity (Wildman–Crippen MR) is 51.1 cm³/mol. The van der Waals surface area contributed by atoms with Gasteiger partial charge in [0.1, 0.15) is 0 Å². The number of hydrogen-bond donors (Lipinski definition) is 1. The van der Waals surface area contributed by atoms with Gasteiger partial charge in [-0.15, -0.1) is 0 Å². The molecule has 2 atom stereocenters. The van der Waals surface area contributed by atoms with Crippen molar-refractivity contribution in [2.75, 3.05) is 19.6 Å². The fourth-order valence-corrected chi connectivity index (χ4v) is 2.00. The zero-order valence-corrected chi connectivity index (χ0v) is 8.29. The van der Waals surface area contributed by atoms with E-state index in [1.54, 1.807) is 0 Å². The van der Waals surface area contributed by atoms with Gasteiger partial charge in [0.25, 0.3) is 0 Å². The van der Waals surface area contributed by atoms with Gasteiger partial charge in [0.15, 0.2) is 0 Å². The number of nitrogens with zero attached hydrogens (tertiary/aromatic N) is 1. The van der Waals surface area contributed by atoms with Gasteiger partial charge >= 0.3 is 0 Å². The van der Waals surface area contributed by atoms with Crippen LogP contribution in [0, 0.1) is 5.92 Å². The maximum atomic E-state index is 9.44. The molecule has 1 aliphatic heterocycles. The average Bonchev–Trinajstić information content (AvgIpc) is 2.05. The Morgan fingerprint density at radius 3 is 2.92 bits per heavy atom. The fraction of sp³-hybridized carbons (Fsp3) is 1.00. The summed E-state index contributed by atoms with van der Waals surface area (Å²) in [4.78, 5) is 2.47. The normalized spacial score (nSPS) is 28.8. The maximum absolute atomic E-state index is 9.44. The molecule has 12 heavy (non-hydrogen) atoms. The average molecular weight is 171 g/mol. The van der Waals surface area contributed by atoms with E-state index in [2.05, 4.69) is 11.8 Å². The largest absolute Gasteiger partial charge is 0.393 e. The third kappa shape index (κ3) is 2.76. The second kappa shape index (κ2) is 4.83. The highest BCUT2D eigenvalue weighted by atomic mass is 16.3. The standard InChI is InChI=1S/C10H21NO/c1-3-6-11-7-4-5-10(8-11)9(2)12/h9-10,12H,3-8H2,1-2H3/t9-,10-/m1/s1. The number of aliphatic hydroxyl groups is 1. The Balaban J connectivity index is 2.30. The molecule has 1 fully saturated rings. The molecule has 0 aromatic carbocycles. The molecular weight excluding hydrogens is 150 g/mol. The zero-order valence-electron chi connectivity index (χ0n) is 8.29. The topological polar surface area (TPSA) is 23.5 Å². The Morgan fingerprint density at radius 1 is 1.58 bits per heavy atom. The van der Waals surface area contributed by atoms with E-state index in [1.165, 1.54) is 32.4 Å². The van der Waals surface area contributed by atoms with Crippen molar-refractivity contribution < 1.29 is 5.11 Å². The van der Waals surface area contributed by atoms with Crippen LogP contribution < -0.4 is 0 Å². The Labute approximate surface area is 75.6 Å². The van der Waals surface area contributed by atoms with E-state index in [9.17, 15) is 5.11 Å². The summed E-state index contributed by atoms with van der Waals surface area (Å²) < 4.78 is 0. The molecule has 1 rings (SSSR count). The molecule has 0 radical (unpaired) electrons. The molecule has 0 amide bonds. The number of hydrogen-bond acceptors (Lipinski definition) is 2. The lowest BCUT2D eigenvalue weighted by Gasteiger charge is -2.33.